The Balaban J connectivity index is 1.59. The second-order valence-corrected chi connectivity index (χ2v) is 10.8. The number of benzene rings is 3. The van der Waals surface area contributed by atoms with Gasteiger partial charge in [-0.25, -0.2) is 4.79 Å². The van der Waals surface area contributed by atoms with Gasteiger partial charge >= 0.3 is 6.09 Å². The van der Waals surface area contributed by atoms with Crippen LogP contribution in [0, 0.1) is 5.92 Å². The summed E-state index contributed by atoms with van der Waals surface area (Å²) in [6.07, 6.45) is 8.23. The van der Waals surface area contributed by atoms with Crippen molar-refractivity contribution in [2.45, 2.75) is 69.1 Å². The van der Waals surface area contributed by atoms with Gasteiger partial charge in [0.1, 0.15) is 0 Å². The molecule has 1 amide bonds. The second kappa shape index (κ2) is 10.5. The number of aliphatic hydroxyl groups is 1. The Labute approximate surface area is 220 Å². The third kappa shape index (κ3) is 4.71. The van der Waals surface area contributed by atoms with Crippen LogP contribution in [0.2, 0.25) is 0 Å². The van der Waals surface area contributed by atoms with Crippen LogP contribution in [-0.2, 0) is 10.3 Å². The first-order valence-electron chi connectivity index (χ1n) is 13.5. The highest BCUT2D eigenvalue weighted by Crippen LogP contribution is 2.48. The van der Waals surface area contributed by atoms with Crippen LogP contribution in [0.3, 0.4) is 0 Å². The average molecular weight is 496 g/mol. The maximum Gasteiger partial charge on any atom is 0.415 e. The summed E-state index contributed by atoms with van der Waals surface area (Å²) >= 11 is 0. The maximum absolute atomic E-state index is 13.6. The van der Waals surface area contributed by atoms with Gasteiger partial charge in [-0.3, -0.25) is 4.90 Å². The number of cyclic esters (lactones) is 1. The SMILES string of the molecule is CC(C)[C@@H]1N(/C=C\[C@H](c2ccccc2)C2(O)CCCCC2)C(=O)OC1(c1ccccc1)c1ccccc1. The van der Waals surface area contributed by atoms with Crippen molar-refractivity contribution in [1.82, 2.24) is 4.90 Å². The molecule has 0 aromatic heterocycles. The van der Waals surface area contributed by atoms with E-state index < -0.39 is 11.2 Å². The Morgan fingerprint density at radius 2 is 1.35 bits per heavy atom. The molecule has 37 heavy (non-hydrogen) atoms. The smallest absolute Gasteiger partial charge is 0.415 e. The summed E-state index contributed by atoms with van der Waals surface area (Å²) in [6, 6.07) is 30.0. The first-order valence-corrected chi connectivity index (χ1v) is 13.5. The van der Waals surface area contributed by atoms with Gasteiger partial charge in [0, 0.05) is 23.2 Å². The third-order valence-electron chi connectivity index (χ3n) is 8.11. The molecular formula is C33H37NO3. The van der Waals surface area contributed by atoms with Crippen LogP contribution < -0.4 is 0 Å². The van der Waals surface area contributed by atoms with E-state index in [-0.39, 0.29) is 24.0 Å². The predicted octanol–water partition coefficient (Wildman–Crippen LogP) is 7.40. The van der Waals surface area contributed by atoms with E-state index in [9.17, 15) is 9.90 Å². The largest absolute Gasteiger partial charge is 0.430 e. The van der Waals surface area contributed by atoms with Crippen LogP contribution >= 0.6 is 0 Å². The van der Waals surface area contributed by atoms with Gasteiger partial charge in [-0.15, -0.1) is 0 Å². The Bertz CT molecular complexity index is 1160. The molecule has 0 radical (unpaired) electrons. The molecule has 2 atom stereocenters. The lowest BCUT2D eigenvalue weighted by molar-refractivity contribution is -0.00942. The van der Waals surface area contributed by atoms with E-state index in [4.69, 9.17) is 4.74 Å². The number of amides is 1. The van der Waals surface area contributed by atoms with Gasteiger partial charge in [-0.1, -0.05) is 130 Å². The number of carbonyl (C=O) groups excluding carboxylic acids is 1. The van der Waals surface area contributed by atoms with Crippen molar-refractivity contribution in [2.75, 3.05) is 0 Å². The second-order valence-electron chi connectivity index (χ2n) is 10.8. The molecule has 4 nitrogen and oxygen atoms in total. The molecule has 1 aliphatic heterocycles. The quantitative estimate of drug-likeness (QED) is 0.371. The molecule has 0 unspecified atom stereocenters. The number of ether oxygens (including phenoxy) is 1. The van der Waals surface area contributed by atoms with E-state index in [1.807, 2.05) is 91.1 Å². The summed E-state index contributed by atoms with van der Waals surface area (Å²) in [5.74, 6) is -0.109. The van der Waals surface area contributed by atoms with E-state index in [2.05, 4.69) is 26.0 Å². The standard InChI is InChI=1S/C33H37NO3/c1-25(2)30-33(27-17-9-4-10-18-27,28-19-11-5-12-20-28)37-31(35)34(30)24-21-29(26-15-7-3-8-16-26)32(36)22-13-6-14-23-32/h3-5,7-12,15-21,24-25,29-30,36H,6,13-14,22-23H2,1-2H3/b24-21-/t29-,30+/m1/s1. The van der Waals surface area contributed by atoms with Crippen LogP contribution in [0.15, 0.2) is 103 Å². The summed E-state index contributed by atoms with van der Waals surface area (Å²) in [5, 5.41) is 11.8. The lowest BCUT2D eigenvalue weighted by Gasteiger charge is -2.39. The van der Waals surface area contributed by atoms with E-state index in [1.54, 1.807) is 4.90 Å². The number of rotatable bonds is 7. The fraction of sp³-hybridized carbons (Fsp3) is 0.364. The first kappa shape index (κ1) is 25.3. The van der Waals surface area contributed by atoms with Gasteiger partial charge in [0.25, 0.3) is 0 Å². The lowest BCUT2D eigenvalue weighted by Crippen LogP contribution is -2.46. The van der Waals surface area contributed by atoms with E-state index in [0.717, 1.165) is 48.8 Å². The van der Waals surface area contributed by atoms with Crippen molar-refractivity contribution in [1.29, 1.82) is 0 Å². The van der Waals surface area contributed by atoms with E-state index in [1.165, 1.54) is 0 Å². The highest BCUT2D eigenvalue weighted by molar-refractivity contribution is 5.75. The molecule has 0 bridgehead atoms. The average Bonchev–Trinajstić information content (AvgIpc) is 3.24. The van der Waals surface area contributed by atoms with Crippen molar-refractivity contribution in [2.24, 2.45) is 5.92 Å². The van der Waals surface area contributed by atoms with Gasteiger partial charge in [0.05, 0.1) is 11.6 Å². The lowest BCUT2D eigenvalue weighted by atomic mass is 9.72. The van der Waals surface area contributed by atoms with E-state index in [0.29, 0.717) is 0 Å². The Morgan fingerprint density at radius 3 is 1.86 bits per heavy atom. The molecule has 4 heteroatoms. The van der Waals surface area contributed by atoms with Gasteiger partial charge in [-0.2, -0.15) is 0 Å². The summed E-state index contributed by atoms with van der Waals surface area (Å²) in [7, 11) is 0. The predicted molar refractivity (Wildman–Crippen MR) is 147 cm³/mol. The first-order chi connectivity index (χ1) is 18.0. The summed E-state index contributed by atoms with van der Waals surface area (Å²) in [6.45, 7) is 4.27. The minimum atomic E-state index is -0.942. The fourth-order valence-electron chi connectivity index (χ4n) is 6.42. The monoisotopic (exact) mass is 495 g/mol. The minimum absolute atomic E-state index is 0.101. The maximum atomic E-state index is 13.6. The zero-order valence-electron chi connectivity index (χ0n) is 21.8. The van der Waals surface area contributed by atoms with Gasteiger partial charge in [-0.05, 0) is 24.3 Å². The zero-order valence-corrected chi connectivity index (χ0v) is 21.8. The van der Waals surface area contributed by atoms with Crippen molar-refractivity contribution in [3.05, 3.63) is 120 Å². The van der Waals surface area contributed by atoms with Crippen molar-refractivity contribution < 1.29 is 14.6 Å². The molecule has 5 rings (SSSR count). The normalized spacial score (nSPS) is 21.8. The number of hydrogen-bond donors (Lipinski definition) is 1. The topological polar surface area (TPSA) is 49.8 Å². The molecule has 1 saturated heterocycles. The van der Waals surface area contributed by atoms with Gasteiger partial charge < -0.3 is 9.84 Å². The summed E-state index contributed by atoms with van der Waals surface area (Å²) < 4.78 is 6.39. The van der Waals surface area contributed by atoms with Crippen molar-refractivity contribution in [3.8, 4) is 0 Å². The zero-order chi connectivity index (χ0) is 25.9. The minimum Gasteiger partial charge on any atom is -0.430 e. The van der Waals surface area contributed by atoms with Crippen LogP contribution in [-0.4, -0.2) is 27.7 Å². The highest BCUT2D eigenvalue weighted by atomic mass is 16.6. The van der Waals surface area contributed by atoms with Crippen LogP contribution in [0.4, 0.5) is 4.79 Å². The van der Waals surface area contributed by atoms with Crippen LogP contribution in [0.25, 0.3) is 0 Å². The third-order valence-corrected chi connectivity index (χ3v) is 8.11. The van der Waals surface area contributed by atoms with Gasteiger partial charge in [0.15, 0.2) is 5.60 Å². The molecule has 1 aliphatic carbocycles. The molecule has 3 aromatic rings. The summed E-state index contributed by atoms with van der Waals surface area (Å²) in [5.41, 5.74) is 1.20. The molecule has 1 N–H and O–H groups in total. The van der Waals surface area contributed by atoms with Crippen LogP contribution in [0.1, 0.15) is 68.6 Å². The molecule has 0 spiro atoms. The van der Waals surface area contributed by atoms with E-state index >= 15 is 0 Å². The van der Waals surface area contributed by atoms with Crippen molar-refractivity contribution >= 4 is 6.09 Å². The molecule has 192 valence electrons. The Kier molecular flexibility index (Phi) is 7.21. The highest BCUT2D eigenvalue weighted by Gasteiger charge is 2.57. The molecule has 2 fully saturated rings. The molecular weight excluding hydrogens is 458 g/mol. The molecule has 3 aromatic carbocycles. The molecule has 1 heterocycles. The number of carbonyl (C=O) groups is 1. The number of nitrogens with zero attached hydrogens (tertiary/aromatic N) is 1. The Morgan fingerprint density at radius 1 is 0.838 bits per heavy atom. The van der Waals surface area contributed by atoms with Crippen molar-refractivity contribution in [3.63, 3.8) is 0 Å². The van der Waals surface area contributed by atoms with Crippen LogP contribution in [0.5, 0.6) is 0 Å². The molecule has 1 saturated carbocycles. The van der Waals surface area contributed by atoms with Gasteiger partial charge in [0.2, 0.25) is 0 Å². The summed E-state index contributed by atoms with van der Waals surface area (Å²) in [4.78, 5) is 15.4. The fourth-order valence-corrected chi connectivity index (χ4v) is 6.42. The molecule has 2 aliphatic rings. The number of hydrogen-bond acceptors (Lipinski definition) is 3. The Hall–Kier alpha value is -3.37.